The van der Waals surface area contributed by atoms with Crippen molar-refractivity contribution in [3.8, 4) is 0 Å². The Morgan fingerprint density at radius 3 is 2.57 bits per heavy atom. The molecule has 0 saturated heterocycles. The zero-order valence-corrected chi connectivity index (χ0v) is 17.3. The van der Waals surface area contributed by atoms with E-state index in [9.17, 15) is 8.42 Å². The highest BCUT2D eigenvalue weighted by Crippen LogP contribution is 2.21. The van der Waals surface area contributed by atoms with Crippen LogP contribution in [-0.2, 0) is 22.8 Å². The van der Waals surface area contributed by atoms with E-state index in [1.807, 2.05) is 12.4 Å². The lowest BCUT2D eigenvalue weighted by atomic mass is 10.2. The first kappa shape index (κ1) is 20.4. The number of hydrogen-bond donors (Lipinski definition) is 0. The molecule has 0 saturated carbocycles. The molecular weight excluding hydrogens is 374 g/mol. The highest BCUT2D eigenvalue weighted by atomic mass is 32.2. The van der Waals surface area contributed by atoms with Crippen LogP contribution in [0.2, 0.25) is 0 Å². The maximum Gasteiger partial charge on any atom is 0.246 e. The van der Waals surface area contributed by atoms with Crippen molar-refractivity contribution in [2.24, 2.45) is 0 Å². The number of sulfone groups is 1. The van der Waals surface area contributed by atoms with E-state index in [-0.39, 0.29) is 10.9 Å². The number of aryl methyl sites for hydroxylation is 3. The standard InChI is InChI=1S/C20H27N5O2S/c1-3-4-9-18-24-17-15-21-14-16(2)19(17)25(18)12-6-5-7-13-28(26,27)20-22-10-8-11-23-20/h8,10-11,14-15H,3-7,9,12-13H2,1-2H3. The minimum Gasteiger partial charge on any atom is -0.328 e. The third-order valence-electron chi connectivity index (χ3n) is 4.78. The predicted molar refractivity (Wildman–Crippen MR) is 109 cm³/mol. The van der Waals surface area contributed by atoms with Gasteiger partial charge in [-0.1, -0.05) is 19.8 Å². The summed E-state index contributed by atoms with van der Waals surface area (Å²) in [6.07, 6.45) is 12.1. The topological polar surface area (TPSA) is 90.6 Å². The van der Waals surface area contributed by atoms with Crippen LogP contribution in [0.3, 0.4) is 0 Å². The molecule has 0 N–H and O–H groups in total. The van der Waals surface area contributed by atoms with Crippen molar-refractivity contribution in [3.05, 3.63) is 42.2 Å². The van der Waals surface area contributed by atoms with Crippen LogP contribution in [0.1, 0.15) is 50.4 Å². The van der Waals surface area contributed by atoms with Crippen molar-refractivity contribution in [2.75, 3.05) is 5.75 Å². The number of unbranched alkanes of at least 4 members (excludes halogenated alkanes) is 3. The van der Waals surface area contributed by atoms with Crippen molar-refractivity contribution >= 4 is 20.9 Å². The van der Waals surface area contributed by atoms with Crippen LogP contribution in [-0.4, -0.2) is 38.7 Å². The van der Waals surface area contributed by atoms with Gasteiger partial charge in [-0.25, -0.2) is 23.4 Å². The van der Waals surface area contributed by atoms with Crippen LogP contribution in [0.25, 0.3) is 11.0 Å². The molecular formula is C20H27N5O2S. The van der Waals surface area contributed by atoms with E-state index < -0.39 is 9.84 Å². The number of hydrogen-bond acceptors (Lipinski definition) is 6. The number of nitrogens with zero attached hydrogens (tertiary/aromatic N) is 5. The Kier molecular flexibility index (Phi) is 6.72. The van der Waals surface area contributed by atoms with E-state index in [0.717, 1.165) is 61.1 Å². The molecule has 150 valence electrons. The Labute approximate surface area is 166 Å². The maximum atomic E-state index is 12.3. The summed E-state index contributed by atoms with van der Waals surface area (Å²) in [6, 6.07) is 1.61. The zero-order valence-electron chi connectivity index (χ0n) is 16.5. The van der Waals surface area contributed by atoms with E-state index in [1.54, 1.807) is 6.07 Å². The monoisotopic (exact) mass is 401 g/mol. The summed E-state index contributed by atoms with van der Waals surface area (Å²) in [4.78, 5) is 16.7. The minimum absolute atomic E-state index is 0.0767. The summed E-state index contributed by atoms with van der Waals surface area (Å²) in [7, 11) is -3.41. The SMILES string of the molecule is CCCCc1nc2cncc(C)c2n1CCCCCS(=O)(=O)c1ncccn1. The average Bonchev–Trinajstić information content (AvgIpc) is 3.05. The Hall–Kier alpha value is -2.35. The molecule has 0 aliphatic rings. The van der Waals surface area contributed by atoms with Crippen molar-refractivity contribution < 1.29 is 8.42 Å². The van der Waals surface area contributed by atoms with Gasteiger partial charge in [0, 0.05) is 31.6 Å². The van der Waals surface area contributed by atoms with Crippen LogP contribution in [0.4, 0.5) is 0 Å². The molecule has 3 rings (SSSR count). The minimum atomic E-state index is -3.41. The summed E-state index contributed by atoms with van der Waals surface area (Å²) in [5, 5.41) is -0.0828. The van der Waals surface area contributed by atoms with E-state index in [4.69, 9.17) is 4.98 Å². The van der Waals surface area contributed by atoms with Crippen molar-refractivity contribution in [1.82, 2.24) is 24.5 Å². The first-order chi connectivity index (χ1) is 13.5. The lowest BCUT2D eigenvalue weighted by Crippen LogP contribution is -2.11. The second-order valence-electron chi connectivity index (χ2n) is 7.02. The van der Waals surface area contributed by atoms with Crippen LogP contribution >= 0.6 is 0 Å². The van der Waals surface area contributed by atoms with Gasteiger partial charge in [0.05, 0.1) is 17.5 Å². The molecule has 0 aliphatic heterocycles. The molecule has 0 amide bonds. The normalized spacial score (nSPS) is 11.9. The first-order valence-electron chi connectivity index (χ1n) is 9.82. The fraction of sp³-hybridized carbons (Fsp3) is 0.500. The molecule has 0 bridgehead atoms. The summed E-state index contributed by atoms with van der Waals surface area (Å²) in [6.45, 7) is 5.07. The summed E-state index contributed by atoms with van der Waals surface area (Å²) in [5.74, 6) is 1.17. The van der Waals surface area contributed by atoms with Crippen molar-refractivity contribution in [2.45, 2.75) is 64.1 Å². The smallest absolute Gasteiger partial charge is 0.246 e. The second-order valence-corrected chi connectivity index (χ2v) is 9.02. The van der Waals surface area contributed by atoms with Gasteiger partial charge < -0.3 is 4.57 Å². The number of aromatic nitrogens is 5. The molecule has 0 atom stereocenters. The van der Waals surface area contributed by atoms with Crippen molar-refractivity contribution in [1.29, 1.82) is 0 Å². The predicted octanol–water partition coefficient (Wildman–Crippen LogP) is 3.52. The fourth-order valence-corrected chi connectivity index (χ4v) is 4.56. The Morgan fingerprint density at radius 2 is 1.82 bits per heavy atom. The molecule has 28 heavy (non-hydrogen) atoms. The number of fused-ring (bicyclic) bond motifs is 1. The van der Waals surface area contributed by atoms with Crippen LogP contribution in [0.5, 0.6) is 0 Å². The third kappa shape index (κ3) is 4.73. The molecule has 0 radical (unpaired) electrons. The molecule has 3 aromatic rings. The third-order valence-corrected chi connectivity index (χ3v) is 6.37. The molecule has 0 fully saturated rings. The number of rotatable bonds is 10. The van der Waals surface area contributed by atoms with E-state index in [1.165, 1.54) is 12.4 Å². The van der Waals surface area contributed by atoms with Gasteiger partial charge in [-0.2, -0.15) is 0 Å². The molecule has 7 nitrogen and oxygen atoms in total. The van der Waals surface area contributed by atoms with E-state index in [0.29, 0.717) is 6.42 Å². The molecule has 3 heterocycles. The molecule has 0 spiro atoms. The number of imidazole rings is 1. The molecule has 0 unspecified atom stereocenters. The van der Waals surface area contributed by atoms with Gasteiger partial charge in [-0.15, -0.1) is 0 Å². The van der Waals surface area contributed by atoms with Gasteiger partial charge in [0.15, 0.2) is 0 Å². The summed E-state index contributed by atoms with van der Waals surface area (Å²) >= 11 is 0. The van der Waals surface area contributed by atoms with Gasteiger partial charge in [0.1, 0.15) is 11.3 Å². The quantitative estimate of drug-likeness (QED) is 0.381. The second kappa shape index (κ2) is 9.23. The molecule has 0 aliphatic carbocycles. The lowest BCUT2D eigenvalue weighted by molar-refractivity contribution is 0.565. The Morgan fingerprint density at radius 1 is 1.04 bits per heavy atom. The molecule has 8 heteroatoms. The van der Waals surface area contributed by atoms with Crippen molar-refractivity contribution in [3.63, 3.8) is 0 Å². The van der Waals surface area contributed by atoms with Gasteiger partial charge in [0.25, 0.3) is 0 Å². The van der Waals surface area contributed by atoms with E-state index in [2.05, 4.69) is 33.4 Å². The van der Waals surface area contributed by atoms with E-state index >= 15 is 0 Å². The van der Waals surface area contributed by atoms with Gasteiger partial charge in [-0.05, 0) is 37.8 Å². The first-order valence-corrected chi connectivity index (χ1v) is 11.5. The Balaban J connectivity index is 1.62. The van der Waals surface area contributed by atoms with Crippen LogP contribution in [0, 0.1) is 6.92 Å². The zero-order chi connectivity index (χ0) is 20.0. The summed E-state index contributed by atoms with van der Waals surface area (Å²) < 4.78 is 26.8. The number of pyridine rings is 1. The van der Waals surface area contributed by atoms with Crippen LogP contribution in [0.15, 0.2) is 36.0 Å². The molecule has 0 aromatic carbocycles. The fourth-order valence-electron chi connectivity index (χ4n) is 3.35. The van der Waals surface area contributed by atoms with Gasteiger partial charge in [0.2, 0.25) is 15.0 Å². The maximum absolute atomic E-state index is 12.3. The van der Waals surface area contributed by atoms with Gasteiger partial charge in [-0.3, -0.25) is 4.98 Å². The lowest BCUT2D eigenvalue weighted by Gasteiger charge is -2.10. The van der Waals surface area contributed by atoms with Crippen LogP contribution < -0.4 is 0 Å². The largest absolute Gasteiger partial charge is 0.328 e. The Bertz CT molecular complexity index is 1020. The summed E-state index contributed by atoms with van der Waals surface area (Å²) in [5.41, 5.74) is 3.21. The van der Waals surface area contributed by atoms with Gasteiger partial charge >= 0.3 is 0 Å². The average molecular weight is 402 g/mol. The highest BCUT2D eigenvalue weighted by molar-refractivity contribution is 7.91. The highest BCUT2D eigenvalue weighted by Gasteiger charge is 2.17. The molecule has 3 aromatic heterocycles.